The van der Waals surface area contributed by atoms with E-state index in [1.807, 2.05) is 84.9 Å². The van der Waals surface area contributed by atoms with Gasteiger partial charge in [0.15, 0.2) is 21.7 Å². The molecule has 0 N–H and O–H groups in total. The third kappa shape index (κ3) is 9.75. The Morgan fingerprint density at radius 3 is 0.991 bits per heavy atom. The largest absolute Gasteiger partial charge is 0.308 e. The zero-order valence-corrected chi connectivity index (χ0v) is 62.7. The molecule has 0 saturated carbocycles. The van der Waals surface area contributed by atoms with Gasteiger partial charge in [-0.2, -0.15) is 21.0 Å². The van der Waals surface area contributed by atoms with Gasteiger partial charge in [-0.3, -0.25) is 19.2 Å². The van der Waals surface area contributed by atoms with Crippen molar-refractivity contribution in [1.82, 2.24) is 13.2 Å². The SMILES string of the molecule is C=c1cc2c3cccc4cccc(c5cc(=C(C#N)C#N)c6cc(C(C)C)cc1c6N25)c43.C=c1cc2c3ccccc3c3cc(=C(C#N)C#N)c4cc(C(C)C)cc1c4n23.CC(C)c1cc2c(=O)cc3c4cccc5cccc(c54)c4cc(=O)c(c1)c2n34.CC(C)c1cc2c(=O)cc3c4ccccc4c4cc(=O)c(c1)c2n34. The molecule has 19 aromatic rings. The lowest BCUT2D eigenvalue weighted by molar-refractivity contribution is 0.869. The predicted octanol–water partition coefficient (Wildman–Crippen LogP) is 20.1. The van der Waals surface area contributed by atoms with Gasteiger partial charge in [0, 0.05) is 132 Å². The number of nitrogens with zero attached hydrogens (tertiary/aromatic N) is 8. The maximum atomic E-state index is 13.1. The van der Waals surface area contributed by atoms with Crippen molar-refractivity contribution >= 4 is 199 Å². The maximum Gasteiger partial charge on any atom is 0.190 e. The standard InChI is InChI=1S/C29H19N3.C25H17N3.C25H17NO2.C21H15NO2/c1-16(2)19-11-23-17(3)10-26-21-8-4-6-18-7-5-9-22(28(18)21)27-13-24(20(14-30)15-31)25(12-19)29(23)32(26)27;1-14(2)16-9-20-15(3)8-23-18-6-4-5-7-19(18)24-11-21(17(12-26)13-27)22(10-16)25(20)28(23)24;1-13(2)15-9-18-22(27)11-20-16-7-3-5-14-6-4-8-17(24(14)16)21-12-23(28)19(10-15)25(18)26(20)21;1-11(2)12-7-15-19(23)9-17-13-5-3-4-6-14(13)18-10-20(24)16(8-12)21(15)22(17)18/h4-13,16H,3H2,1-2H3;4-11,14H,3H2,1-2H3;3-13H,1-2H3;3-11H,1-2H3. The third-order valence-corrected chi connectivity index (χ3v) is 23.5. The van der Waals surface area contributed by atoms with E-state index in [1.165, 1.54) is 27.3 Å². The number of hydrogen-bond donors (Lipinski definition) is 0. The monoisotopic (exact) mass is 1440 g/mol. The minimum atomic E-state index is -0.0320. The molecule has 12 heterocycles. The fourth-order valence-electron chi connectivity index (χ4n) is 18.0. The van der Waals surface area contributed by atoms with E-state index in [1.54, 1.807) is 24.3 Å². The molecular formula is C100H68N8O4. The average Bonchev–Trinajstić information content (AvgIpc) is 1.40. The molecule has 10 aromatic carbocycles. The number of anilines is 3. The van der Waals surface area contributed by atoms with Crippen LogP contribution in [-0.4, -0.2) is 13.2 Å². The Bertz CT molecular complexity index is 8180. The van der Waals surface area contributed by atoms with Crippen LogP contribution in [0.3, 0.4) is 0 Å². The van der Waals surface area contributed by atoms with Crippen molar-refractivity contribution in [2.75, 3.05) is 4.90 Å². The van der Waals surface area contributed by atoms with Crippen LogP contribution < -0.4 is 47.5 Å². The van der Waals surface area contributed by atoms with Crippen LogP contribution in [0.15, 0.2) is 238 Å². The fraction of sp³-hybridized carbons (Fsp3) is 0.120. The summed E-state index contributed by atoms with van der Waals surface area (Å²) < 4.78 is 6.43. The molecule has 0 fully saturated rings. The smallest absolute Gasteiger partial charge is 0.190 e. The average molecular weight is 1450 g/mol. The lowest BCUT2D eigenvalue weighted by Crippen LogP contribution is -2.26. The van der Waals surface area contributed by atoms with Crippen molar-refractivity contribution in [3.05, 3.63) is 302 Å². The van der Waals surface area contributed by atoms with Crippen LogP contribution in [-0.2, 0) is 0 Å². The van der Waals surface area contributed by atoms with Crippen LogP contribution in [0.1, 0.15) is 101 Å². The molecule has 3 aliphatic rings. The molecule has 3 aliphatic heterocycles. The first-order chi connectivity index (χ1) is 54.2. The Balaban J connectivity index is 0.000000101. The molecule has 0 amide bonds. The lowest BCUT2D eigenvalue weighted by atomic mass is 9.89. The van der Waals surface area contributed by atoms with Gasteiger partial charge in [-0.25, -0.2) is 0 Å². The van der Waals surface area contributed by atoms with E-state index in [2.05, 4.69) is 220 Å². The number of fused-ring (bicyclic) bond motifs is 10. The van der Waals surface area contributed by atoms with Crippen LogP contribution >= 0.6 is 0 Å². The van der Waals surface area contributed by atoms with Gasteiger partial charge in [0.2, 0.25) is 0 Å². The van der Waals surface area contributed by atoms with Crippen LogP contribution in [0.2, 0.25) is 0 Å². The maximum absolute atomic E-state index is 13.1. The summed E-state index contributed by atoms with van der Waals surface area (Å²) >= 11 is 0. The number of nitriles is 4. The van der Waals surface area contributed by atoms with Crippen LogP contribution in [0, 0.1) is 45.3 Å². The summed E-state index contributed by atoms with van der Waals surface area (Å²) in [6, 6.07) is 81.3. The summed E-state index contributed by atoms with van der Waals surface area (Å²) in [5, 5.41) is 61.7. The van der Waals surface area contributed by atoms with Gasteiger partial charge in [-0.05, 0) is 140 Å². The molecule has 0 radical (unpaired) electrons. The quantitative estimate of drug-likeness (QED) is 0.122. The third-order valence-electron chi connectivity index (χ3n) is 23.5. The summed E-state index contributed by atoms with van der Waals surface area (Å²) in [5.74, 6) is 1.15. The van der Waals surface area contributed by atoms with E-state index in [0.717, 1.165) is 158 Å². The van der Waals surface area contributed by atoms with Crippen LogP contribution in [0.4, 0.5) is 17.1 Å². The highest BCUT2D eigenvalue weighted by Gasteiger charge is 2.31. The van der Waals surface area contributed by atoms with Crippen LogP contribution in [0.25, 0.3) is 182 Å². The van der Waals surface area contributed by atoms with E-state index < -0.39 is 0 Å². The number of pyridine rings is 7. The zero-order chi connectivity index (χ0) is 77.5. The first kappa shape index (κ1) is 68.0. The van der Waals surface area contributed by atoms with Crippen molar-refractivity contribution in [3.8, 4) is 24.3 Å². The van der Waals surface area contributed by atoms with Gasteiger partial charge in [0.1, 0.15) is 35.4 Å². The van der Waals surface area contributed by atoms with Crippen molar-refractivity contribution in [3.63, 3.8) is 0 Å². The van der Waals surface area contributed by atoms with Gasteiger partial charge in [0.05, 0.1) is 66.7 Å². The Kier molecular flexibility index (Phi) is 15.2. The Labute approximate surface area is 639 Å². The number of rotatable bonds is 4. The van der Waals surface area contributed by atoms with Crippen molar-refractivity contribution in [2.24, 2.45) is 0 Å². The first-order valence-electron chi connectivity index (χ1n) is 37.7. The van der Waals surface area contributed by atoms with E-state index in [-0.39, 0.29) is 44.7 Å². The Morgan fingerprint density at radius 1 is 0.295 bits per heavy atom. The zero-order valence-electron chi connectivity index (χ0n) is 62.7. The molecule has 112 heavy (non-hydrogen) atoms. The van der Waals surface area contributed by atoms with E-state index >= 15 is 0 Å². The summed E-state index contributed by atoms with van der Waals surface area (Å²) in [5.41, 5.74) is 15.7. The summed E-state index contributed by atoms with van der Waals surface area (Å²) in [6.07, 6.45) is 0. The molecule has 0 bridgehead atoms. The van der Waals surface area contributed by atoms with Gasteiger partial charge in [0.25, 0.3) is 0 Å². The van der Waals surface area contributed by atoms with Gasteiger partial charge < -0.3 is 18.1 Å². The molecule has 12 heteroatoms. The van der Waals surface area contributed by atoms with Gasteiger partial charge in [-0.15, -0.1) is 0 Å². The number of hydrogen-bond acceptors (Lipinski definition) is 9. The number of benzene rings is 10. The fourth-order valence-corrected chi connectivity index (χ4v) is 18.0. The summed E-state index contributed by atoms with van der Waals surface area (Å²) in [6.45, 7) is 25.6. The van der Waals surface area contributed by atoms with E-state index in [0.29, 0.717) is 43.8 Å². The highest BCUT2D eigenvalue weighted by Crippen LogP contribution is 2.51. The van der Waals surface area contributed by atoms with Crippen molar-refractivity contribution in [1.29, 1.82) is 21.0 Å². The molecule has 0 unspecified atom stereocenters. The van der Waals surface area contributed by atoms with Crippen molar-refractivity contribution in [2.45, 2.75) is 79.1 Å². The molecule has 0 aliphatic carbocycles. The minimum Gasteiger partial charge on any atom is -0.308 e. The minimum absolute atomic E-state index is 0.0225. The predicted molar refractivity (Wildman–Crippen MR) is 462 cm³/mol. The second-order valence-corrected chi connectivity index (χ2v) is 31.1. The van der Waals surface area contributed by atoms with E-state index in [4.69, 9.17) is 0 Å². The summed E-state index contributed by atoms with van der Waals surface area (Å²) in [7, 11) is 0. The Morgan fingerprint density at radius 2 is 0.589 bits per heavy atom. The van der Waals surface area contributed by atoms with Gasteiger partial charge >= 0.3 is 0 Å². The van der Waals surface area contributed by atoms with Crippen molar-refractivity contribution < 1.29 is 0 Å². The highest BCUT2D eigenvalue weighted by molar-refractivity contribution is 6.26. The number of aromatic nitrogens is 3. The second-order valence-electron chi connectivity index (χ2n) is 31.1. The Hall–Kier alpha value is -14.6. The molecule has 9 aromatic heterocycles. The second kappa shape index (κ2) is 25.0. The normalized spacial score (nSPS) is 12.2. The molecule has 22 rings (SSSR count). The summed E-state index contributed by atoms with van der Waals surface area (Å²) in [4.78, 5) is 54.0. The molecule has 0 spiro atoms. The molecule has 532 valence electrons. The first-order valence-corrected chi connectivity index (χ1v) is 37.7. The van der Waals surface area contributed by atoms with Gasteiger partial charge in [-0.1, -0.05) is 190 Å². The highest BCUT2D eigenvalue weighted by atomic mass is 16.1. The molecular weight excluding hydrogens is 1380 g/mol. The van der Waals surface area contributed by atoms with E-state index in [9.17, 15) is 40.2 Å². The topological polar surface area (TPSA) is 180 Å². The van der Waals surface area contributed by atoms with Crippen LogP contribution in [0.5, 0.6) is 0 Å². The molecule has 12 nitrogen and oxygen atoms in total. The molecule has 0 atom stereocenters. The lowest BCUT2D eigenvalue weighted by Gasteiger charge is -2.36. The molecule has 0 saturated heterocycles.